The molecule has 1 fully saturated rings. The van der Waals surface area contributed by atoms with Crippen LogP contribution < -0.4 is 5.32 Å². The Morgan fingerprint density at radius 1 is 0.824 bits per heavy atom. The minimum Gasteiger partial charge on any atom is -0.396 e. The molecule has 1 aliphatic heterocycles. The quantitative estimate of drug-likeness (QED) is 0.511. The molecule has 1 aliphatic rings. The van der Waals surface area contributed by atoms with E-state index < -0.39 is 6.04 Å². The third kappa shape index (κ3) is 5.89. The Hall–Kier alpha value is -3.06. The highest BCUT2D eigenvalue weighted by atomic mass is 19.1. The molecular weight excluding hydrogens is 429 g/mol. The van der Waals surface area contributed by atoms with Gasteiger partial charge in [-0.25, -0.2) is 4.39 Å². The number of nitrogens with zero attached hydrogens (tertiary/aromatic N) is 2. The van der Waals surface area contributed by atoms with Gasteiger partial charge in [0.2, 0.25) is 5.91 Å². The number of rotatable bonds is 9. The maximum atomic E-state index is 13.9. The van der Waals surface area contributed by atoms with Crippen LogP contribution in [-0.2, 0) is 11.3 Å². The van der Waals surface area contributed by atoms with Crippen molar-refractivity contribution in [2.24, 2.45) is 0 Å². The van der Waals surface area contributed by atoms with Gasteiger partial charge in [-0.2, -0.15) is 0 Å². The van der Waals surface area contributed by atoms with Crippen LogP contribution >= 0.6 is 0 Å². The van der Waals surface area contributed by atoms with Crippen molar-refractivity contribution in [2.75, 3.05) is 32.8 Å². The van der Waals surface area contributed by atoms with Crippen molar-refractivity contribution in [1.29, 1.82) is 0 Å². The van der Waals surface area contributed by atoms with Gasteiger partial charge in [-0.1, -0.05) is 78.9 Å². The van der Waals surface area contributed by atoms with Crippen molar-refractivity contribution < 1.29 is 14.3 Å². The molecule has 1 heterocycles. The van der Waals surface area contributed by atoms with Gasteiger partial charge in [0.25, 0.3) is 0 Å². The van der Waals surface area contributed by atoms with Gasteiger partial charge in [0.05, 0.1) is 12.1 Å². The van der Waals surface area contributed by atoms with Crippen molar-refractivity contribution in [1.82, 2.24) is 15.1 Å². The molecule has 5 nitrogen and oxygen atoms in total. The average molecular weight is 462 g/mol. The fourth-order valence-electron chi connectivity index (χ4n) is 4.74. The summed E-state index contributed by atoms with van der Waals surface area (Å²) in [6, 6.07) is 27.1. The van der Waals surface area contributed by atoms with Crippen LogP contribution in [0.4, 0.5) is 4.39 Å². The van der Waals surface area contributed by atoms with Gasteiger partial charge in [-0.3, -0.25) is 14.6 Å². The fourth-order valence-corrected chi connectivity index (χ4v) is 4.74. The van der Waals surface area contributed by atoms with Crippen molar-refractivity contribution in [3.8, 4) is 0 Å². The molecule has 0 bridgehead atoms. The van der Waals surface area contributed by atoms with E-state index in [1.165, 1.54) is 17.2 Å². The zero-order valence-electron chi connectivity index (χ0n) is 19.3. The minimum atomic E-state index is -0.439. The number of carbonyl (C=O) groups is 1. The third-order valence-corrected chi connectivity index (χ3v) is 6.50. The lowest BCUT2D eigenvalue weighted by Crippen LogP contribution is -2.55. The van der Waals surface area contributed by atoms with E-state index in [4.69, 9.17) is 0 Å². The van der Waals surface area contributed by atoms with Crippen LogP contribution in [0.2, 0.25) is 0 Å². The van der Waals surface area contributed by atoms with E-state index in [2.05, 4.69) is 63.6 Å². The summed E-state index contributed by atoms with van der Waals surface area (Å²) in [5.74, 6) is -0.503. The lowest BCUT2D eigenvalue weighted by molar-refractivity contribution is -0.128. The molecule has 34 heavy (non-hydrogen) atoms. The summed E-state index contributed by atoms with van der Waals surface area (Å²) in [5, 5.41) is 12.5. The van der Waals surface area contributed by atoms with Gasteiger partial charge in [0.15, 0.2) is 0 Å². The van der Waals surface area contributed by atoms with E-state index in [0.29, 0.717) is 25.1 Å². The first-order valence-corrected chi connectivity index (χ1v) is 11.9. The molecule has 3 aromatic rings. The number of nitrogens with one attached hydrogen (secondary N) is 1. The van der Waals surface area contributed by atoms with Crippen molar-refractivity contribution in [3.05, 3.63) is 107 Å². The number of hydrogen-bond donors (Lipinski definition) is 2. The maximum absolute atomic E-state index is 13.9. The summed E-state index contributed by atoms with van der Waals surface area (Å²) in [4.78, 5) is 17.6. The second-order valence-electron chi connectivity index (χ2n) is 8.63. The van der Waals surface area contributed by atoms with Gasteiger partial charge in [0, 0.05) is 44.9 Å². The zero-order chi connectivity index (χ0) is 23.8. The Kier molecular flexibility index (Phi) is 8.41. The Balaban J connectivity index is 1.42. The van der Waals surface area contributed by atoms with E-state index in [1.54, 1.807) is 18.2 Å². The Labute approximate surface area is 200 Å². The first kappa shape index (κ1) is 24.1. The number of benzene rings is 3. The second-order valence-corrected chi connectivity index (χ2v) is 8.63. The molecule has 2 N–H and O–H groups in total. The smallest absolute Gasteiger partial charge is 0.237 e. The molecule has 0 spiro atoms. The highest BCUT2D eigenvalue weighted by molar-refractivity contribution is 5.81. The lowest BCUT2D eigenvalue weighted by atomic mass is 9.96. The van der Waals surface area contributed by atoms with Gasteiger partial charge in [-0.05, 0) is 23.6 Å². The number of aliphatic hydroxyl groups is 1. The second kappa shape index (κ2) is 11.9. The van der Waals surface area contributed by atoms with Gasteiger partial charge >= 0.3 is 0 Å². The molecule has 178 valence electrons. The van der Waals surface area contributed by atoms with Gasteiger partial charge in [-0.15, -0.1) is 0 Å². The van der Waals surface area contributed by atoms with Crippen molar-refractivity contribution in [3.63, 3.8) is 0 Å². The van der Waals surface area contributed by atoms with Crippen molar-refractivity contribution >= 4 is 5.91 Å². The minimum absolute atomic E-state index is 0.0747. The average Bonchev–Trinajstić information content (AvgIpc) is 2.89. The predicted molar refractivity (Wildman–Crippen MR) is 132 cm³/mol. The Morgan fingerprint density at radius 2 is 1.35 bits per heavy atom. The molecule has 0 radical (unpaired) electrons. The van der Waals surface area contributed by atoms with E-state index in [0.717, 1.165) is 13.1 Å². The molecule has 0 aromatic heterocycles. The molecular formula is C28H32FN3O2. The number of halogens is 1. The molecule has 0 saturated carbocycles. The topological polar surface area (TPSA) is 55.8 Å². The molecule has 1 atom stereocenters. The highest BCUT2D eigenvalue weighted by Gasteiger charge is 2.32. The standard InChI is InChI=1S/C28H32FN3O2/c29-25-14-8-7-13-24(25)21-30-28(34)26(15-20-33)31-16-18-32(19-17-31)27(22-9-3-1-4-10-22)23-11-5-2-6-12-23/h1-14,26-27,33H,15-21H2,(H,30,34). The van der Waals surface area contributed by atoms with Crippen LogP contribution in [0.5, 0.6) is 0 Å². The molecule has 4 rings (SSSR count). The molecule has 3 aromatic carbocycles. The summed E-state index contributed by atoms with van der Waals surface area (Å²) < 4.78 is 13.9. The number of piperazine rings is 1. The Bertz CT molecular complexity index is 1000. The van der Waals surface area contributed by atoms with E-state index in [-0.39, 0.29) is 30.9 Å². The first-order chi connectivity index (χ1) is 16.7. The molecule has 0 aliphatic carbocycles. The highest BCUT2D eigenvalue weighted by Crippen LogP contribution is 2.29. The van der Waals surface area contributed by atoms with E-state index in [9.17, 15) is 14.3 Å². The lowest BCUT2D eigenvalue weighted by Gasteiger charge is -2.42. The fraction of sp³-hybridized carbons (Fsp3) is 0.321. The molecule has 1 amide bonds. The van der Waals surface area contributed by atoms with Crippen molar-refractivity contribution in [2.45, 2.75) is 25.0 Å². The predicted octanol–water partition coefficient (Wildman–Crippen LogP) is 3.60. The number of amides is 1. The SMILES string of the molecule is O=C(NCc1ccccc1F)C(CCO)N1CCN(C(c2ccccc2)c2ccccc2)CC1. The van der Waals surface area contributed by atoms with Crippen LogP contribution in [0, 0.1) is 5.82 Å². The van der Waals surface area contributed by atoms with Gasteiger partial charge < -0.3 is 10.4 Å². The van der Waals surface area contributed by atoms with Gasteiger partial charge in [0.1, 0.15) is 5.82 Å². The van der Waals surface area contributed by atoms with E-state index in [1.807, 2.05) is 12.1 Å². The number of aliphatic hydroxyl groups excluding tert-OH is 1. The van der Waals surface area contributed by atoms with Crippen LogP contribution in [0.1, 0.15) is 29.2 Å². The summed E-state index contributed by atoms with van der Waals surface area (Å²) in [6.07, 6.45) is 0.351. The summed E-state index contributed by atoms with van der Waals surface area (Å²) in [5.41, 5.74) is 2.95. The largest absolute Gasteiger partial charge is 0.396 e. The van der Waals surface area contributed by atoms with Crippen LogP contribution in [0.3, 0.4) is 0 Å². The first-order valence-electron chi connectivity index (χ1n) is 11.9. The Morgan fingerprint density at radius 3 is 1.91 bits per heavy atom. The summed E-state index contributed by atoms with van der Waals surface area (Å²) >= 11 is 0. The molecule has 1 unspecified atom stereocenters. The molecule has 6 heteroatoms. The number of carbonyl (C=O) groups excluding carboxylic acids is 1. The third-order valence-electron chi connectivity index (χ3n) is 6.50. The zero-order valence-corrected chi connectivity index (χ0v) is 19.3. The normalized spacial score (nSPS) is 15.9. The van der Waals surface area contributed by atoms with Crippen LogP contribution in [0.25, 0.3) is 0 Å². The monoisotopic (exact) mass is 461 g/mol. The summed E-state index contributed by atoms with van der Waals surface area (Å²) in [6.45, 7) is 3.10. The van der Waals surface area contributed by atoms with Crippen LogP contribution in [-0.4, -0.2) is 59.6 Å². The summed E-state index contributed by atoms with van der Waals surface area (Å²) in [7, 11) is 0. The molecule has 1 saturated heterocycles. The van der Waals surface area contributed by atoms with Crippen LogP contribution in [0.15, 0.2) is 84.9 Å². The maximum Gasteiger partial charge on any atom is 0.237 e. The number of hydrogen-bond acceptors (Lipinski definition) is 4. The van der Waals surface area contributed by atoms with E-state index >= 15 is 0 Å².